The van der Waals surface area contributed by atoms with Gasteiger partial charge in [0.15, 0.2) is 0 Å². The number of rotatable bonds is 6. The highest BCUT2D eigenvalue weighted by molar-refractivity contribution is 5.98. The Kier molecular flexibility index (Phi) is 6.57. The first-order chi connectivity index (χ1) is 17.1. The number of nitrogens with zero attached hydrogens (tertiary/aromatic N) is 3. The lowest BCUT2D eigenvalue weighted by atomic mass is 9.96. The minimum atomic E-state index is -0.363. The quantitative estimate of drug-likeness (QED) is 0.356. The first kappa shape index (κ1) is 22.8. The molecule has 1 atom stereocenters. The van der Waals surface area contributed by atoms with Crippen molar-refractivity contribution in [3.63, 3.8) is 0 Å². The minimum absolute atomic E-state index is 0.0748. The van der Waals surface area contributed by atoms with Gasteiger partial charge in [0.05, 0.1) is 12.7 Å². The van der Waals surface area contributed by atoms with Gasteiger partial charge in [-0.3, -0.25) is 4.79 Å². The maximum atomic E-state index is 13.8. The van der Waals surface area contributed by atoms with Gasteiger partial charge in [-0.05, 0) is 60.7 Å². The molecule has 1 amide bonds. The molecule has 1 aromatic heterocycles. The monoisotopic (exact) mass is 471 g/mol. The van der Waals surface area contributed by atoms with Crippen LogP contribution in [-0.2, 0) is 6.42 Å². The van der Waals surface area contributed by atoms with Crippen LogP contribution in [0.15, 0.2) is 77.2 Å². The second-order valence-corrected chi connectivity index (χ2v) is 8.64. The van der Waals surface area contributed by atoms with Crippen LogP contribution in [0, 0.1) is 5.82 Å². The Balaban J connectivity index is 1.40. The van der Waals surface area contributed by atoms with E-state index < -0.39 is 0 Å². The SMILES string of the molecule is COc1ccc(-c2ccccc2)cc1C(=O)N1CCCC[C@H]1Cc1nnc(-c2cccc(F)c2)o1. The van der Waals surface area contributed by atoms with Crippen molar-refractivity contribution in [2.24, 2.45) is 0 Å². The van der Waals surface area contributed by atoms with Gasteiger partial charge >= 0.3 is 0 Å². The smallest absolute Gasteiger partial charge is 0.257 e. The Bertz CT molecular complexity index is 1320. The van der Waals surface area contributed by atoms with Crippen molar-refractivity contribution >= 4 is 5.91 Å². The number of aromatic nitrogens is 2. The number of amides is 1. The Morgan fingerprint density at radius 2 is 1.83 bits per heavy atom. The zero-order valence-electron chi connectivity index (χ0n) is 19.5. The fraction of sp³-hybridized carbons (Fsp3) is 0.250. The van der Waals surface area contributed by atoms with Crippen LogP contribution < -0.4 is 4.74 Å². The van der Waals surface area contributed by atoms with Crippen molar-refractivity contribution in [1.82, 2.24) is 15.1 Å². The highest BCUT2D eigenvalue weighted by Crippen LogP contribution is 2.30. The lowest BCUT2D eigenvalue weighted by Gasteiger charge is -2.35. The maximum Gasteiger partial charge on any atom is 0.257 e. The molecule has 0 N–H and O–H groups in total. The Morgan fingerprint density at radius 1 is 1.00 bits per heavy atom. The van der Waals surface area contributed by atoms with E-state index in [1.807, 2.05) is 53.4 Å². The van der Waals surface area contributed by atoms with Gasteiger partial charge in [0.2, 0.25) is 11.8 Å². The molecule has 2 heterocycles. The summed E-state index contributed by atoms with van der Waals surface area (Å²) in [7, 11) is 1.58. The van der Waals surface area contributed by atoms with Crippen LogP contribution in [0.3, 0.4) is 0 Å². The molecule has 6 nitrogen and oxygen atoms in total. The van der Waals surface area contributed by atoms with E-state index in [0.29, 0.717) is 35.7 Å². The molecule has 1 saturated heterocycles. The van der Waals surface area contributed by atoms with Gasteiger partial charge in [-0.1, -0.05) is 42.5 Å². The Hall–Kier alpha value is -4.00. The first-order valence-electron chi connectivity index (χ1n) is 11.7. The van der Waals surface area contributed by atoms with Crippen molar-refractivity contribution < 1.29 is 18.3 Å². The highest BCUT2D eigenvalue weighted by Gasteiger charge is 2.31. The van der Waals surface area contributed by atoms with Gasteiger partial charge in [0, 0.05) is 24.6 Å². The number of likely N-dealkylation sites (tertiary alicyclic amines) is 1. The largest absolute Gasteiger partial charge is 0.496 e. The molecule has 1 aliphatic rings. The van der Waals surface area contributed by atoms with Crippen LogP contribution in [0.25, 0.3) is 22.6 Å². The number of ether oxygens (including phenoxy) is 1. The normalized spacial score (nSPS) is 15.7. The van der Waals surface area contributed by atoms with E-state index in [9.17, 15) is 9.18 Å². The molecule has 0 radical (unpaired) electrons. The Morgan fingerprint density at radius 3 is 2.63 bits per heavy atom. The van der Waals surface area contributed by atoms with Crippen LogP contribution in [-0.4, -0.2) is 40.7 Å². The van der Waals surface area contributed by atoms with Gasteiger partial charge < -0.3 is 14.1 Å². The topological polar surface area (TPSA) is 68.5 Å². The summed E-state index contributed by atoms with van der Waals surface area (Å²) in [6, 6.07) is 21.6. The summed E-state index contributed by atoms with van der Waals surface area (Å²) < 4.78 is 25.0. The summed E-state index contributed by atoms with van der Waals surface area (Å²) in [5, 5.41) is 8.26. The molecule has 0 saturated carbocycles. The first-order valence-corrected chi connectivity index (χ1v) is 11.7. The predicted octanol–water partition coefficient (Wildman–Crippen LogP) is 5.79. The molecule has 1 fully saturated rings. The van der Waals surface area contributed by atoms with Crippen LogP contribution in [0.4, 0.5) is 4.39 Å². The molecule has 4 aromatic rings. The third kappa shape index (κ3) is 4.94. The molecule has 0 aliphatic carbocycles. The van der Waals surface area contributed by atoms with E-state index in [1.54, 1.807) is 19.2 Å². The number of halogens is 1. The van der Waals surface area contributed by atoms with Gasteiger partial charge in [-0.2, -0.15) is 0 Å². The van der Waals surface area contributed by atoms with E-state index in [1.165, 1.54) is 12.1 Å². The molecule has 0 spiro atoms. The van der Waals surface area contributed by atoms with E-state index in [-0.39, 0.29) is 23.7 Å². The molecular weight excluding hydrogens is 445 g/mol. The molecule has 0 bridgehead atoms. The number of piperidine rings is 1. The van der Waals surface area contributed by atoms with Gasteiger partial charge in [0.1, 0.15) is 11.6 Å². The molecule has 0 unspecified atom stereocenters. The second-order valence-electron chi connectivity index (χ2n) is 8.64. The number of hydrogen-bond donors (Lipinski definition) is 0. The molecule has 1 aliphatic heterocycles. The average Bonchev–Trinajstić information content (AvgIpc) is 3.37. The van der Waals surface area contributed by atoms with Crippen molar-refractivity contribution in [2.45, 2.75) is 31.7 Å². The molecule has 178 valence electrons. The van der Waals surface area contributed by atoms with Crippen LogP contribution in [0.2, 0.25) is 0 Å². The maximum absolute atomic E-state index is 13.8. The third-order valence-corrected chi connectivity index (χ3v) is 6.37. The van der Waals surface area contributed by atoms with Gasteiger partial charge in [-0.25, -0.2) is 4.39 Å². The number of benzene rings is 3. The Labute approximate surface area is 203 Å². The number of carbonyl (C=O) groups excluding carboxylic acids is 1. The van der Waals surface area contributed by atoms with Crippen molar-refractivity contribution in [2.75, 3.05) is 13.7 Å². The van der Waals surface area contributed by atoms with E-state index in [0.717, 1.165) is 30.4 Å². The van der Waals surface area contributed by atoms with Crippen LogP contribution >= 0.6 is 0 Å². The lowest BCUT2D eigenvalue weighted by molar-refractivity contribution is 0.0602. The molecular formula is C28H26FN3O3. The van der Waals surface area contributed by atoms with E-state index in [4.69, 9.17) is 9.15 Å². The lowest BCUT2D eigenvalue weighted by Crippen LogP contribution is -2.45. The fourth-order valence-electron chi connectivity index (χ4n) is 4.60. The molecule has 3 aromatic carbocycles. The standard InChI is InChI=1S/C28H26FN3O3/c1-34-25-14-13-20(19-8-3-2-4-9-19)17-24(25)28(33)32-15-6-5-12-23(32)18-26-30-31-27(35-26)21-10-7-11-22(29)16-21/h2-4,7-11,13-14,16-17,23H,5-6,12,15,18H2,1H3/t23-/m0/s1. The summed E-state index contributed by atoms with van der Waals surface area (Å²) in [5.74, 6) is 0.807. The summed E-state index contributed by atoms with van der Waals surface area (Å²) in [4.78, 5) is 15.7. The third-order valence-electron chi connectivity index (χ3n) is 6.37. The minimum Gasteiger partial charge on any atom is -0.496 e. The van der Waals surface area contributed by atoms with E-state index >= 15 is 0 Å². The number of hydrogen-bond acceptors (Lipinski definition) is 5. The number of carbonyl (C=O) groups is 1. The van der Waals surface area contributed by atoms with Crippen LogP contribution in [0.1, 0.15) is 35.5 Å². The molecule has 7 heteroatoms. The summed E-state index contributed by atoms with van der Waals surface area (Å²) in [6.45, 7) is 0.646. The molecule has 5 rings (SSSR count). The van der Waals surface area contributed by atoms with Gasteiger partial charge in [0.25, 0.3) is 5.91 Å². The van der Waals surface area contributed by atoms with Gasteiger partial charge in [-0.15, -0.1) is 10.2 Å². The highest BCUT2D eigenvalue weighted by atomic mass is 19.1. The zero-order chi connectivity index (χ0) is 24.2. The van der Waals surface area contributed by atoms with Crippen LogP contribution in [0.5, 0.6) is 5.75 Å². The van der Waals surface area contributed by atoms with Crippen molar-refractivity contribution in [1.29, 1.82) is 0 Å². The fourth-order valence-corrected chi connectivity index (χ4v) is 4.60. The van der Waals surface area contributed by atoms with Crippen molar-refractivity contribution in [3.8, 4) is 28.3 Å². The van der Waals surface area contributed by atoms with E-state index in [2.05, 4.69) is 10.2 Å². The predicted molar refractivity (Wildman–Crippen MR) is 131 cm³/mol. The molecule has 35 heavy (non-hydrogen) atoms. The zero-order valence-corrected chi connectivity index (χ0v) is 19.5. The number of methoxy groups -OCH3 is 1. The second kappa shape index (κ2) is 10.1. The van der Waals surface area contributed by atoms with Crippen molar-refractivity contribution in [3.05, 3.63) is 90.1 Å². The summed E-state index contributed by atoms with van der Waals surface area (Å²) in [5.41, 5.74) is 3.06. The summed E-state index contributed by atoms with van der Waals surface area (Å²) in [6.07, 6.45) is 3.22. The summed E-state index contributed by atoms with van der Waals surface area (Å²) >= 11 is 0. The average molecular weight is 472 g/mol.